The van der Waals surface area contributed by atoms with E-state index in [9.17, 15) is 4.79 Å². The van der Waals surface area contributed by atoms with E-state index in [1.165, 1.54) is 6.42 Å². The number of amides is 1. The molecule has 0 spiro atoms. The Morgan fingerprint density at radius 1 is 1.31 bits per heavy atom. The SMILES string of the molecule is CC.CN1CC(C)(C)CCCC1=O. The molecule has 0 N–H and O–H groups in total. The highest BCUT2D eigenvalue weighted by Gasteiger charge is 2.25. The highest BCUT2D eigenvalue weighted by Crippen LogP contribution is 2.27. The van der Waals surface area contributed by atoms with Crippen LogP contribution in [0, 0.1) is 5.41 Å². The average molecular weight is 185 g/mol. The van der Waals surface area contributed by atoms with Crippen LogP contribution in [0.25, 0.3) is 0 Å². The Labute approximate surface area is 82.3 Å². The smallest absolute Gasteiger partial charge is 0.222 e. The zero-order chi connectivity index (χ0) is 10.5. The Kier molecular flexibility index (Phi) is 5.04. The minimum atomic E-state index is 0.301. The van der Waals surface area contributed by atoms with Crippen molar-refractivity contribution in [3.05, 3.63) is 0 Å². The highest BCUT2D eigenvalue weighted by atomic mass is 16.2. The van der Waals surface area contributed by atoms with Crippen LogP contribution in [0.1, 0.15) is 47.0 Å². The molecule has 1 aliphatic rings. The lowest BCUT2D eigenvalue weighted by Crippen LogP contribution is -2.32. The predicted molar refractivity (Wildman–Crippen MR) is 56.6 cm³/mol. The van der Waals surface area contributed by atoms with Crippen LogP contribution in [-0.2, 0) is 4.79 Å². The van der Waals surface area contributed by atoms with Gasteiger partial charge in [-0.25, -0.2) is 0 Å². The molecule has 0 saturated carbocycles. The fourth-order valence-corrected chi connectivity index (χ4v) is 1.72. The maximum absolute atomic E-state index is 11.2. The molecule has 1 aliphatic heterocycles. The molecule has 0 aromatic heterocycles. The molecule has 0 aliphatic carbocycles. The van der Waals surface area contributed by atoms with Crippen molar-refractivity contribution in [2.75, 3.05) is 13.6 Å². The summed E-state index contributed by atoms with van der Waals surface area (Å²) in [5.74, 6) is 0.301. The maximum atomic E-state index is 11.2. The molecule has 13 heavy (non-hydrogen) atoms. The number of carbonyl (C=O) groups is 1. The largest absolute Gasteiger partial charge is 0.345 e. The van der Waals surface area contributed by atoms with Crippen LogP contribution in [0.5, 0.6) is 0 Å². The Hall–Kier alpha value is -0.530. The van der Waals surface area contributed by atoms with Crippen molar-refractivity contribution in [1.29, 1.82) is 0 Å². The summed E-state index contributed by atoms with van der Waals surface area (Å²) in [5.41, 5.74) is 0.320. The van der Waals surface area contributed by atoms with Gasteiger partial charge in [-0.15, -0.1) is 0 Å². The molecule has 1 heterocycles. The normalized spacial score (nSPS) is 21.6. The third-order valence-electron chi connectivity index (χ3n) is 2.34. The Bertz CT molecular complexity index is 163. The second kappa shape index (κ2) is 5.25. The summed E-state index contributed by atoms with van der Waals surface area (Å²) in [6.45, 7) is 9.36. The van der Waals surface area contributed by atoms with Gasteiger partial charge in [0.05, 0.1) is 0 Å². The number of likely N-dealkylation sites (tertiary alicyclic amines) is 1. The number of hydrogen-bond acceptors (Lipinski definition) is 1. The van der Waals surface area contributed by atoms with E-state index >= 15 is 0 Å². The molecule has 1 fully saturated rings. The van der Waals surface area contributed by atoms with Gasteiger partial charge < -0.3 is 4.90 Å². The lowest BCUT2D eigenvalue weighted by atomic mass is 9.88. The third-order valence-corrected chi connectivity index (χ3v) is 2.34. The third kappa shape index (κ3) is 4.30. The van der Waals surface area contributed by atoms with Gasteiger partial charge in [-0.2, -0.15) is 0 Å². The Morgan fingerprint density at radius 2 is 1.85 bits per heavy atom. The van der Waals surface area contributed by atoms with Gasteiger partial charge in [0.15, 0.2) is 0 Å². The quantitative estimate of drug-likeness (QED) is 0.568. The van der Waals surface area contributed by atoms with E-state index in [0.717, 1.165) is 19.4 Å². The molecule has 1 saturated heterocycles. The number of hydrogen-bond donors (Lipinski definition) is 0. The van der Waals surface area contributed by atoms with Crippen molar-refractivity contribution < 1.29 is 4.79 Å². The topological polar surface area (TPSA) is 20.3 Å². The van der Waals surface area contributed by atoms with Gasteiger partial charge in [0, 0.05) is 20.0 Å². The van der Waals surface area contributed by atoms with E-state index in [0.29, 0.717) is 11.3 Å². The molecule has 0 unspecified atom stereocenters. The second-order valence-corrected chi connectivity index (χ2v) is 4.27. The number of rotatable bonds is 0. The first-order valence-corrected chi connectivity index (χ1v) is 5.25. The van der Waals surface area contributed by atoms with Crippen molar-refractivity contribution in [3.63, 3.8) is 0 Å². The number of carbonyl (C=O) groups excluding carboxylic acids is 1. The van der Waals surface area contributed by atoms with Gasteiger partial charge in [0.25, 0.3) is 0 Å². The minimum absolute atomic E-state index is 0.301. The number of nitrogens with zero attached hydrogens (tertiary/aromatic N) is 1. The lowest BCUT2D eigenvalue weighted by molar-refractivity contribution is -0.130. The van der Waals surface area contributed by atoms with Gasteiger partial charge in [-0.3, -0.25) is 4.79 Å². The van der Waals surface area contributed by atoms with Crippen LogP contribution in [-0.4, -0.2) is 24.4 Å². The summed E-state index contributed by atoms with van der Waals surface area (Å²) in [5, 5.41) is 0. The molecule has 0 aromatic carbocycles. The van der Waals surface area contributed by atoms with Crippen LogP contribution in [0.4, 0.5) is 0 Å². The van der Waals surface area contributed by atoms with E-state index in [4.69, 9.17) is 0 Å². The van der Waals surface area contributed by atoms with Gasteiger partial charge in [-0.05, 0) is 18.3 Å². The summed E-state index contributed by atoms with van der Waals surface area (Å²) in [6.07, 6.45) is 2.96. The molecule has 0 atom stereocenters. The van der Waals surface area contributed by atoms with E-state index in [-0.39, 0.29) is 0 Å². The summed E-state index contributed by atoms with van der Waals surface area (Å²) in [6, 6.07) is 0. The van der Waals surface area contributed by atoms with Crippen molar-refractivity contribution >= 4 is 5.91 Å². The van der Waals surface area contributed by atoms with Crippen molar-refractivity contribution in [1.82, 2.24) is 4.90 Å². The van der Waals surface area contributed by atoms with E-state index in [1.807, 2.05) is 25.8 Å². The second-order valence-electron chi connectivity index (χ2n) is 4.27. The van der Waals surface area contributed by atoms with Crippen LogP contribution < -0.4 is 0 Å². The first kappa shape index (κ1) is 12.5. The summed E-state index contributed by atoms with van der Waals surface area (Å²) >= 11 is 0. The first-order valence-electron chi connectivity index (χ1n) is 5.25. The fourth-order valence-electron chi connectivity index (χ4n) is 1.72. The Balaban J connectivity index is 0.000000671. The van der Waals surface area contributed by atoms with Crippen LogP contribution >= 0.6 is 0 Å². The summed E-state index contributed by atoms with van der Waals surface area (Å²) in [7, 11) is 1.90. The lowest BCUT2D eigenvalue weighted by Gasteiger charge is -2.26. The molecule has 2 heteroatoms. The van der Waals surface area contributed by atoms with Gasteiger partial charge in [0.1, 0.15) is 0 Å². The predicted octanol–water partition coefficient (Wildman–Crippen LogP) is 2.68. The summed E-state index contributed by atoms with van der Waals surface area (Å²) in [4.78, 5) is 13.1. The van der Waals surface area contributed by atoms with Gasteiger partial charge >= 0.3 is 0 Å². The Morgan fingerprint density at radius 3 is 2.38 bits per heavy atom. The maximum Gasteiger partial charge on any atom is 0.222 e. The van der Waals surface area contributed by atoms with Crippen LogP contribution in [0.2, 0.25) is 0 Å². The van der Waals surface area contributed by atoms with Crippen molar-refractivity contribution in [2.24, 2.45) is 5.41 Å². The van der Waals surface area contributed by atoms with Gasteiger partial charge in [-0.1, -0.05) is 27.7 Å². The molecule has 1 amide bonds. The highest BCUT2D eigenvalue weighted by molar-refractivity contribution is 5.76. The van der Waals surface area contributed by atoms with Crippen molar-refractivity contribution in [3.8, 4) is 0 Å². The van der Waals surface area contributed by atoms with Crippen LogP contribution in [0.15, 0.2) is 0 Å². The van der Waals surface area contributed by atoms with E-state index < -0.39 is 0 Å². The zero-order valence-electron chi connectivity index (χ0n) is 9.68. The van der Waals surface area contributed by atoms with Gasteiger partial charge in [0.2, 0.25) is 5.91 Å². The van der Waals surface area contributed by atoms with Crippen molar-refractivity contribution in [2.45, 2.75) is 47.0 Å². The fraction of sp³-hybridized carbons (Fsp3) is 0.909. The monoisotopic (exact) mass is 185 g/mol. The van der Waals surface area contributed by atoms with Crippen LogP contribution in [0.3, 0.4) is 0 Å². The summed E-state index contributed by atoms with van der Waals surface area (Å²) < 4.78 is 0. The van der Waals surface area contributed by atoms with E-state index in [1.54, 1.807) is 0 Å². The zero-order valence-corrected chi connectivity index (χ0v) is 9.68. The molecule has 2 nitrogen and oxygen atoms in total. The molecular weight excluding hydrogens is 162 g/mol. The van der Waals surface area contributed by atoms with E-state index in [2.05, 4.69) is 13.8 Å². The standard InChI is InChI=1S/C9H17NO.C2H6/c1-9(2)6-4-5-8(11)10(3)7-9;1-2/h4-7H2,1-3H3;1-2H3. The minimum Gasteiger partial charge on any atom is -0.345 e. The average Bonchev–Trinajstić information content (AvgIpc) is 2.16. The molecule has 0 bridgehead atoms. The molecule has 0 radical (unpaired) electrons. The molecule has 78 valence electrons. The molecular formula is C11H23NO. The first-order chi connectivity index (χ1) is 6.01. The molecule has 0 aromatic rings. The molecule has 1 rings (SSSR count).